The van der Waals surface area contributed by atoms with Gasteiger partial charge in [-0.2, -0.15) is 0 Å². The van der Waals surface area contributed by atoms with E-state index >= 15 is 0 Å². The second-order valence-corrected chi connectivity index (χ2v) is 8.07. The van der Waals surface area contributed by atoms with Gasteiger partial charge in [0, 0.05) is 6.42 Å². The number of methoxy groups -OCH3 is 1. The molecular weight excluding hydrogens is 376 g/mol. The molecule has 0 bridgehead atoms. The van der Waals surface area contributed by atoms with E-state index in [2.05, 4.69) is 25.1 Å². The van der Waals surface area contributed by atoms with Crippen molar-refractivity contribution in [1.29, 1.82) is 0 Å². The highest BCUT2D eigenvalue weighted by Gasteiger charge is 2.50. The lowest BCUT2D eigenvalue weighted by Crippen LogP contribution is -2.23. The zero-order valence-electron chi connectivity index (χ0n) is 17.2. The van der Waals surface area contributed by atoms with Gasteiger partial charge in [-0.1, -0.05) is 36.4 Å². The maximum Gasteiger partial charge on any atom is 0.231 e. The maximum absolute atomic E-state index is 13.4. The molecule has 1 saturated carbocycles. The first-order valence-corrected chi connectivity index (χ1v) is 10.3. The number of ketones is 1. The van der Waals surface area contributed by atoms with Gasteiger partial charge in [-0.3, -0.25) is 4.79 Å². The molecule has 152 valence electrons. The summed E-state index contributed by atoms with van der Waals surface area (Å²) in [6.07, 6.45) is 2.21. The highest BCUT2D eigenvalue weighted by atomic mass is 16.7. The van der Waals surface area contributed by atoms with Gasteiger partial charge in [0.05, 0.1) is 12.5 Å². The second-order valence-electron chi connectivity index (χ2n) is 8.07. The minimum Gasteiger partial charge on any atom is -0.497 e. The van der Waals surface area contributed by atoms with Gasteiger partial charge in [0.15, 0.2) is 11.5 Å². The molecule has 5 rings (SSSR count). The zero-order valence-corrected chi connectivity index (χ0v) is 17.2. The second kappa shape index (κ2) is 7.21. The van der Waals surface area contributed by atoms with E-state index in [1.165, 1.54) is 0 Å². The van der Waals surface area contributed by atoms with E-state index in [0.29, 0.717) is 6.42 Å². The summed E-state index contributed by atoms with van der Waals surface area (Å²) < 4.78 is 16.3. The van der Waals surface area contributed by atoms with Crippen molar-refractivity contribution in [2.75, 3.05) is 13.9 Å². The predicted molar refractivity (Wildman–Crippen MR) is 115 cm³/mol. The van der Waals surface area contributed by atoms with Gasteiger partial charge < -0.3 is 14.2 Å². The third-order valence-corrected chi connectivity index (χ3v) is 6.39. The Labute approximate surface area is 176 Å². The molecule has 1 fully saturated rings. The Morgan fingerprint density at radius 2 is 1.80 bits per heavy atom. The molecule has 0 unspecified atom stereocenters. The Morgan fingerprint density at radius 3 is 2.60 bits per heavy atom. The van der Waals surface area contributed by atoms with E-state index < -0.39 is 0 Å². The number of benzene rings is 3. The van der Waals surface area contributed by atoms with E-state index in [1.807, 2.05) is 42.5 Å². The topological polar surface area (TPSA) is 44.8 Å². The van der Waals surface area contributed by atoms with Crippen LogP contribution in [-0.2, 0) is 16.6 Å². The van der Waals surface area contributed by atoms with Crippen LogP contribution in [0.25, 0.3) is 11.1 Å². The molecule has 4 heteroatoms. The molecule has 0 radical (unpaired) electrons. The summed E-state index contributed by atoms with van der Waals surface area (Å²) in [6, 6.07) is 20.1. The van der Waals surface area contributed by atoms with Gasteiger partial charge in [0.25, 0.3) is 0 Å². The molecule has 1 aliphatic heterocycles. The van der Waals surface area contributed by atoms with Crippen molar-refractivity contribution in [2.45, 2.75) is 31.6 Å². The van der Waals surface area contributed by atoms with Crippen molar-refractivity contribution in [3.05, 3.63) is 77.4 Å². The van der Waals surface area contributed by atoms with Crippen molar-refractivity contribution in [1.82, 2.24) is 0 Å². The molecule has 0 atom stereocenters. The first kappa shape index (κ1) is 18.7. The average molecular weight is 400 g/mol. The lowest BCUT2D eigenvalue weighted by Gasteiger charge is -2.17. The average Bonchev–Trinajstić information content (AvgIpc) is 3.46. The normalized spacial score (nSPS) is 15.7. The summed E-state index contributed by atoms with van der Waals surface area (Å²) in [4.78, 5) is 13.4. The Kier molecular flexibility index (Phi) is 4.50. The number of fused-ring (bicyclic) bond motifs is 1. The van der Waals surface area contributed by atoms with Crippen molar-refractivity contribution >= 4 is 5.78 Å². The number of hydrogen-bond acceptors (Lipinski definition) is 4. The van der Waals surface area contributed by atoms with Gasteiger partial charge in [-0.15, -0.1) is 0 Å². The summed E-state index contributed by atoms with van der Waals surface area (Å²) in [7, 11) is 1.67. The Balaban J connectivity index is 1.43. The van der Waals surface area contributed by atoms with Crippen LogP contribution in [0.2, 0.25) is 0 Å². The van der Waals surface area contributed by atoms with Crippen LogP contribution in [0.4, 0.5) is 0 Å². The molecule has 1 aliphatic carbocycles. The molecule has 3 aromatic rings. The van der Waals surface area contributed by atoms with Crippen LogP contribution < -0.4 is 14.2 Å². The van der Waals surface area contributed by atoms with Crippen LogP contribution in [0.3, 0.4) is 0 Å². The van der Waals surface area contributed by atoms with E-state index in [4.69, 9.17) is 14.2 Å². The molecule has 0 aromatic heterocycles. The molecule has 0 N–H and O–H groups in total. The quantitative estimate of drug-likeness (QED) is 0.567. The van der Waals surface area contributed by atoms with Gasteiger partial charge in [0.2, 0.25) is 6.79 Å². The van der Waals surface area contributed by atoms with Crippen LogP contribution >= 0.6 is 0 Å². The van der Waals surface area contributed by atoms with Crippen molar-refractivity contribution in [2.24, 2.45) is 0 Å². The number of rotatable bonds is 6. The smallest absolute Gasteiger partial charge is 0.231 e. The van der Waals surface area contributed by atoms with Crippen molar-refractivity contribution in [3.63, 3.8) is 0 Å². The van der Waals surface area contributed by atoms with Gasteiger partial charge >= 0.3 is 0 Å². The van der Waals surface area contributed by atoms with Crippen molar-refractivity contribution < 1.29 is 19.0 Å². The number of carbonyl (C=O) groups excluding carboxylic acids is 1. The SMILES string of the molecule is COc1cccc(-c2cccc(CC(=O)C3(c4ccc5c(c4)OCO5)CC3)c2C)c1. The fourth-order valence-corrected chi connectivity index (χ4v) is 4.37. The lowest BCUT2D eigenvalue weighted by molar-refractivity contribution is -0.120. The third kappa shape index (κ3) is 3.13. The highest BCUT2D eigenvalue weighted by molar-refractivity contribution is 5.95. The molecule has 3 aromatic carbocycles. The van der Waals surface area contributed by atoms with Gasteiger partial charge in [0.1, 0.15) is 11.5 Å². The van der Waals surface area contributed by atoms with Crippen molar-refractivity contribution in [3.8, 4) is 28.4 Å². The first-order valence-electron chi connectivity index (χ1n) is 10.3. The van der Waals surface area contributed by atoms with Crippen LogP contribution in [0.5, 0.6) is 17.2 Å². The Bertz CT molecular complexity index is 1130. The maximum atomic E-state index is 13.4. The molecule has 30 heavy (non-hydrogen) atoms. The summed E-state index contributed by atoms with van der Waals surface area (Å²) in [5.41, 5.74) is 5.09. The fourth-order valence-electron chi connectivity index (χ4n) is 4.37. The van der Waals surface area contributed by atoms with Gasteiger partial charge in [-0.05, 0) is 71.8 Å². The fraction of sp³-hybridized carbons (Fsp3) is 0.269. The standard InChI is InChI=1S/C26H24O4/c1-17-18(5-4-8-22(17)19-6-3-7-21(13-19)28-2)14-25(27)26(11-12-26)20-9-10-23-24(15-20)30-16-29-23/h3-10,13,15H,11-12,14,16H2,1-2H3. The first-order chi connectivity index (χ1) is 14.6. The molecule has 0 saturated heterocycles. The van der Waals surface area contributed by atoms with E-state index in [1.54, 1.807) is 7.11 Å². The predicted octanol–water partition coefficient (Wildman–Crippen LogP) is 5.24. The Hall–Kier alpha value is -3.27. The zero-order chi connectivity index (χ0) is 20.7. The molecule has 0 amide bonds. The Morgan fingerprint density at radius 1 is 1.00 bits per heavy atom. The molecule has 0 spiro atoms. The monoisotopic (exact) mass is 400 g/mol. The number of hydrogen-bond donors (Lipinski definition) is 0. The summed E-state index contributed by atoms with van der Waals surface area (Å²) in [5, 5.41) is 0. The van der Waals surface area contributed by atoms with Crippen LogP contribution in [0, 0.1) is 6.92 Å². The molecule has 2 aliphatic rings. The summed E-state index contributed by atoms with van der Waals surface area (Å²) in [5.74, 6) is 2.59. The number of Topliss-reactive ketones (excluding diaryl/α,β-unsaturated/α-hetero) is 1. The number of ether oxygens (including phenoxy) is 3. The minimum absolute atomic E-state index is 0.246. The van der Waals surface area contributed by atoms with E-state index in [0.717, 1.165) is 57.9 Å². The molecule has 1 heterocycles. The molecule has 4 nitrogen and oxygen atoms in total. The number of carbonyl (C=O) groups is 1. The summed E-state index contributed by atoms with van der Waals surface area (Å²) in [6.45, 7) is 2.34. The van der Waals surface area contributed by atoms with E-state index in [-0.39, 0.29) is 18.0 Å². The largest absolute Gasteiger partial charge is 0.497 e. The third-order valence-electron chi connectivity index (χ3n) is 6.39. The minimum atomic E-state index is -0.389. The highest BCUT2D eigenvalue weighted by Crippen LogP contribution is 2.51. The summed E-state index contributed by atoms with van der Waals surface area (Å²) >= 11 is 0. The molecular formula is C26H24O4. The van der Waals surface area contributed by atoms with Crippen LogP contribution in [0.15, 0.2) is 60.7 Å². The van der Waals surface area contributed by atoms with Gasteiger partial charge in [-0.25, -0.2) is 0 Å². The van der Waals surface area contributed by atoms with Crippen LogP contribution in [-0.4, -0.2) is 19.7 Å². The van der Waals surface area contributed by atoms with E-state index in [9.17, 15) is 4.79 Å². The lowest BCUT2D eigenvalue weighted by atomic mass is 9.85. The van der Waals surface area contributed by atoms with Crippen LogP contribution in [0.1, 0.15) is 29.5 Å².